The van der Waals surface area contributed by atoms with Crippen molar-refractivity contribution in [1.82, 2.24) is 5.32 Å². The average Bonchev–Trinajstić information content (AvgIpc) is 3.31. The van der Waals surface area contributed by atoms with Crippen LogP contribution in [0, 0.1) is 0 Å². The van der Waals surface area contributed by atoms with Crippen LogP contribution in [0.4, 0.5) is 0 Å². The smallest absolute Gasteiger partial charge is 0.462 e. The van der Waals surface area contributed by atoms with E-state index in [0.29, 0.717) is 39.3 Å². The van der Waals surface area contributed by atoms with Gasteiger partial charge in [0.1, 0.15) is 6.61 Å². The zero-order valence-corrected chi connectivity index (χ0v) is 43.3. The van der Waals surface area contributed by atoms with Gasteiger partial charge in [0.15, 0.2) is 6.10 Å². The van der Waals surface area contributed by atoms with Crippen molar-refractivity contribution >= 4 is 25.7 Å². The molecule has 1 amide bonds. The van der Waals surface area contributed by atoms with E-state index in [2.05, 4.69) is 29.2 Å². The monoisotopic (exact) mass is 977 g/mol. The maximum Gasteiger partial charge on any atom is 0.472 e. The maximum atomic E-state index is 12.8. The highest BCUT2D eigenvalue weighted by Gasteiger charge is 2.26. The summed E-state index contributed by atoms with van der Waals surface area (Å²) in [4.78, 5) is 50.5. The molecule has 16 nitrogen and oxygen atoms in total. The molecule has 0 heterocycles. The number of unbranched alkanes of at least 4 members (excludes halogenated alkanes) is 28. The van der Waals surface area contributed by atoms with Gasteiger partial charge in [-0.25, -0.2) is 4.57 Å². The van der Waals surface area contributed by atoms with Crippen LogP contribution in [-0.4, -0.2) is 101 Å². The summed E-state index contributed by atoms with van der Waals surface area (Å²) in [6.45, 7) is 5.40. The first kappa shape index (κ1) is 64.7. The number of esters is 2. The van der Waals surface area contributed by atoms with Crippen LogP contribution in [0.2, 0.25) is 0 Å². The molecule has 2 N–H and O–H groups in total. The Kier molecular flexibility index (Phi) is 49.8. The fourth-order valence-corrected chi connectivity index (χ4v) is 8.16. The van der Waals surface area contributed by atoms with E-state index in [1.807, 2.05) is 0 Å². The van der Waals surface area contributed by atoms with Gasteiger partial charge in [0.25, 0.3) is 0 Å². The molecule has 0 aromatic heterocycles. The minimum Gasteiger partial charge on any atom is -0.462 e. The van der Waals surface area contributed by atoms with Crippen LogP contribution >= 0.6 is 7.82 Å². The first-order valence-corrected chi connectivity index (χ1v) is 28.2. The van der Waals surface area contributed by atoms with E-state index in [-0.39, 0.29) is 64.7 Å². The molecule has 2 atom stereocenters. The van der Waals surface area contributed by atoms with Crippen LogP contribution in [0.25, 0.3) is 10.4 Å². The molecular weight excluding hydrogens is 880 g/mol. The Balaban J connectivity index is 4.49. The molecule has 394 valence electrons. The lowest BCUT2D eigenvalue weighted by Crippen LogP contribution is -2.30. The van der Waals surface area contributed by atoms with Gasteiger partial charge in [0.05, 0.1) is 52.9 Å². The molecule has 17 heteroatoms. The molecular formula is C50H97N4O12P. The molecule has 0 radical (unpaired) electrons. The Morgan fingerprint density at radius 3 is 1.37 bits per heavy atom. The van der Waals surface area contributed by atoms with Crippen LogP contribution in [0.15, 0.2) is 5.11 Å². The zero-order chi connectivity index (χ0) is 49.0. The van der Waals surface area contributed by atoms with Crippen molar-refractivity contribution in [2.75, 3.05) is 72.6 Å². The predicted octanol–water partition coefficient (Wildman–Crippen LogP) is 13.0. The molecule has 0 aliphatic rings. The second kappa shape index (κ2) is 51.6. The number of phosphoric ester groups is 1. The number of nitrogens with one attached hydrogen (secondary N) is 1. The Morgan fingerprint density at radius 2 is 0.925 bits per heavy atom. The molecule has 0 spiro atoms. The van der Waals surface area contributed by atoms with Gasteiger partial charge < -0.3 is 33.9 Å². The number of phosphoric acid groups is 1. The third kappa shape index (κ3) is 51.4. The lowest BCUT2D eigenvalue weighted by atomic mass is 10.0. The summed E-state index contributed by atoms with van der Waals surface area (Å²) >= 11 is 0. The van der Waals surface area contributed by atoms with Crippen molar-refractivity contribution in [3.63, 3.8) is 0 Å². The van der Waals surface area contributed by atoms with Crippen molar-refractivity contribution in [3.8, 4) is 0 Å². The predicted molar refractivity (Wildman–Crippen MR) is 266 cm³/mol. The summed E-state index contributed by atoms with van der Waals surface area (Å²) in [5.41, 5.74) is 8.22. The topological polar surface area (TPSA) is 214 Å². The number of hydrogen-bond acceptors (Lipinski definition) is 12. The molecule has 0 bridgehead atoms. The zero-order valence-electron chi connectivity index (χ0n) is 42.4. The molecule has 0 aliphatic heterocycles. The van der Waals surface area contributed by atoms with Gasteiger partial charge in [0, 0.05) is 37.3 Å². The normalized spacial score (nSPS) is 12.6. The van der Waals surface area contributed by atoms with E-state index < -0.39 is 32.5 Å². The van der Waals surface area contributed by atoms with Gasteiger partial charge in [0.2, 0.25) is 5.91 Å². The molecule has 0 saturated carbocycles. The van der Waals surface area contributed by atoms with E-state index in [4.69, 9.17) is 38.3 Å². The van der Waals surface area contributed by atoms with Crippen LogP contribution in [0.5, 0.6) is 0 Å². The second-order valence-corrected chi connectivity index (χ2v) is 19.1. The largest absolute Gasteiger partial charge is 0.472 e. The van der Waals surface area contributed by atoms with E-state index in [0.717, 1.165) is 38.5 Å². The molecule has 0 aromatic carbocycles. The Hall–Kier alpha value is -2.29. The molecule has 67 heavy (non-hydrogen) atoms. The molecule has 0 aromatic rings. The minimum atomic E-state index is -4.60. The van der Waals surface area contributed by atoms with Gasteiger partial charge in [-0.3, -0.25) is 23.4 Å². The Morgan fingerprint density at radius 1 is 0.522 bits per heavy atom. The van der Waals surface area contributed by atoms with Crippen molar-refractivity contribution < 1.29 is 56.6 Å². The lowest BCUT2D eigenvalue weighted by Gasteiger charge is -2.20. The highest BCUT2D eigenvalue weighted by Crippen LogP contribution is 2.43. The fraction of sp³-hybridized carbons (Fsp3) is 0.940. The number of carbonyl (C=O) groups excluding carboxylic acids is 3. The average molecular weight is 977 g/mol. The first-order chi connectivity index (χ1) is 32.7. The Bertz CT molecular complexity index is 1230. The summed E-state index contributed by atoms with van der Waals surface area (Å²) in [7, 11) is -4.60. The number of azide groups is 1. The van der Waals surface area contributed by atoms with E-state index >= 15 is 0 Å². The second-order valence-electron chi connectivity index (χ2n) is 17.7. The van der Waals surface area contributed by atoms with Gasteiger partial charge >= 0.3 is 19.8 Å². The van der Waals surface area contributed by atoms with Crippen LogP contribution in [0.3, 0.4) is 0 Å². The summed E-state index contributed by atoms with van der Waals surface area (Å²) in [5, 5.41) is 5.95. The number of nitrogens with zero attached hydrogens (tertiary/aromatic N) is 3. The number of amides is 1. The number of rotatable bonds is 54. The molecule has 0 aliphatic carbocycles. The van der Waals surface area contributed by atoms with E-state index in [9.17, 15) is 23.8 Å². The van der Waals surface area contributed by atoms with E-state index in [1.165, 1.54) is 141 Å². The van der Waals surface area contributed by atoms with Crippen LogP contribution < -0.4 is 5.32 Å². The third-order valence-corrected chi connectivity index (χ3v) is 12.4. The van der Waals surface area contributed by atoms with Crippen molar-refractivity contribution in [2.45, 2.75) is 232 Å². The highest BCUT2D eigenvalue weighted by atomic mass is 31.2. The molecule has 0 saturated heterocycles. The van der Waals surface area contributed by atoms with Crippen molar-refractivity contribution in [2.24, 2.45) is 5.11 Å². The van der Waals surface area contributed by atoms with Crippen molar-refractivity contribution in [3.05, 3.63) is 10.4 Å². The van der Waals surface area contributed by atoms with Crippen molar-refractivity contribution in [1.29, 1.82) is 0 Å². The van der Waals surface area contributed by atoms with Gasteiger partial charge in [-0.05, 0) is 18.4 Å². The third-order valence-electron chi connectivity index (χ3n) is 11.4. The quantitative estimate of drug-likeness (QED) is 0.0145. The highest BCUT2D eigenvalue weighted by molar-refractivity contribution is 7.47. The van der Waals surface area contributed by atoms with Gasteiger partial charge in [-0.2, -0.15) is 0 Å². The first-order valence-electron chi connectivity index (χ1n) is 26.7. The standard InChI is InChI=1S/C50H97N4O12P/c1-3-5-7-9-11-13-15-17-19-21-23-25-27-29-31-33-49(56)63-45-47(66-50(57)34-32-30-28-26-24-22-20-18-16-14-12-10-8-6-4-2)46-65-67(58,59)64-40-36-52-48(55)35-38-60-41-43-62-44-42-61-39-37-53-54-51/h47H,3-46H2,1-2H3,(H,52,55)(H,58,59)/t47-/m1/s1. The fourth-order valence-electron chi connectivity index (χ4n) is 7.41. The molecule has 1 unspecified atom stereocenters. The summed E-state index contributed by atoms with van der Waals surface area (Å²) in [5.74, 6) is -1.24. The molecule has 0 rings (SSSR count). The Labute approximate surface area is 406 Å². The lowest BCUT2D eigenvalue weighted by molar-refractivity contribution is -0.161. The van der Waals surface area contributed by atoms with Crippen LogP contribution in [0.1, 0.15) is 226 Å². The SMILES string of the molecule is CCCCCCCCCCCCCCCCCC(=O)OC[C@H](COP(=O)(O)OCCNC(=O)CCOCCOCCOCCN=[N+]=[N-])OC(=O)CCCCCCCCCCCCCCCCC. The van der Waals surface area contributed by atoms with Gasteiger partial charge in [-0.1, -0.05) is 199 Å². The maximum absolute atomic E-state index is 12.8. The van der Waals surface area contributed by atoms with Crippen LogP contribution in [-0.2, 0) is 51.7 Å². The minimum absolute atomic E-state index is 0.0515. The number of ether oxygens (including phenoxy) is 5. The number of hydrogen-bond donors (Lipinski definition) is 2. The van der Waals surface area contributed by atoms with Gasteiger partial charge in [-0.15, -0.1) is 0 Å². The number of carbonyl (C=O) groups is 3. The summed E-state index contributed by atoms with van der Waals surface area (Å²) in [6.07, 6.45) is 36.1. The molecule has 0 fully saturated rings. The van der Waals surface area contributed by atoms with E-state index in [1.54, 1.807) is 0 Å². The summed E-state index contributed by atoms with van der Waals surface area (Å²) in [6, 6.07) is 0. The summed E-state index contributed by atoms with van der Waals surface area (Å²) < 4.78 is 49.8.